The first-order chi connectivity index (χ1) is 8.62. The predicted molar refractivity (Wildman–Crippen MR) is 80.3 cm³/mol. The lowest BCUT2D eigenvalue weighted by molar-refractivity contribution is -0.138. The molecule has 0 aliphatic carbocycles. The quantitative estimate of drug-likeness (QED) is 0.855. The minimum Gasteiger partial charge on any atom is -0.480 e. The second kappa shape index (κ2) is 6.05. The van der Waals surface area contributed by atoms with E-state index in [9.17, 15) is 9.59 Å². The summed E-state index contributed by atoms with van der Waals surface area (Å²) in [5, 5.41) is 8.94. The van der Waals surface area contributed by atoms with Gasteiger partial charge in [0, 0.05) is 14.5 Å². The number of benzene rings is 1. The second-order valence-electron chi connectivity index (χ2n) is 5.08. The minimum atomic E-state index is -1.03. The predicted octanol–water partition coefficient (Wildman–Crippen LogP) is 3.54. The van der Waals surface area contributed by atoms with Gasteiger partial charge in [-0.15, -0.1) is 0 Å². The van der Waals surface area contributed by atoms with Gasteiger partial charge in [-0.1, -0.05) is 15.9 Å². The van der Waals surface area contributed by atoms with Crippen LogP contribution in [-0.4, -0.2) is 34.0 Å². The van der Waals surface area contributed by atoms with Crippen LogP contribution in [0.5, 0.6) is 0 Å². The number of hydrogen-bond donors (Lipinski definition) is 1. The SMILES string of the molecule is CC(C)(C)N(CC(=O)O)C(=O)c1ccc(Br)cc1Br. The van der Waals surface area contributed by atoms with Gasteiger partial charge in [-0.2, -0.15) is 0 Å². The highest BCUT2D eigenvalue weighted by molar-refractivity contribution is 9.11. The van der Waals surface area contributed by atoms with Gasteiger partial charge in [0.25, 0.3) is 5.91 Å². The molecule has 0 saturated carbocycles. The third-order valence-corrected chi connectivity index (χ3v) is 3.66. The lowest BCUT2D eigenvalue weighted by Gasteiger charge is -2.34. The highest BCUT2D eigenvalue weighted by Gasteiger charge is 2.30. The number of hydrogen-bond acceptors (Lipinski definition) is 2. The summed E-state index contributed by atoms with van der Waals surface area (Å²) in [5.41, 5.74) is -0.124. The number of halogens is 2. The van der Waals surface area contributed by atoms with E-state index in [2.05, 4.69) is 31.9 Å². The van der Waals surface area contributed by atoms with E-state index in [4.69, 9.17) is 5.11 Å². The Morgan fingerprint density at radius 2 is 1.84 bits per heavy atom. The molecule has 0 saturated heterocycles. The number of rotatable bonds is 3. The van der Waals surface area contributed by atoms with Crippen molar-refractivity contribution in [2.24, 2.45) is 0 Å². The summed E-state index contributed by atoms with van der Waals surface area (Å²) in [5.74, 6) is -1.34. The van der Waals surface area contributed by atoms with Gasteiger partial charge in [0.1, 0.15) is 6.54 Å². The first-order valence-electron chi connectivity index (χ1n) is 5.61. The topological polar surface area (TPSA) is 57.6 Å². The van der Waals surface area contributed by atoms with Crippen LogP contribution in [0.4, 0.5) is 0 Å². The number of carboxylic acids is 1. The van der Waals surface area contributed by atoms with Crippen LogP contribution in [-0.2, 0) is 4.79 Å². The molecule has 4 nitrogen and oxygen atoms in total. The van der Waals surface area contributed by atoms with Crippen LogP contribution in [0.15, 0.2) is 27.1 Å². The molecule has 19 heavy (non-hydrogen) atoms. The number of carboxylic acid groups (broad SMARTS) is 1. The summed E-state index contributed by atoms with van der Waals surface area (Å²) in [6.07, 6.45) is 0. The molecule has 0 radical (unpaired) electrons. The zero-order valence-corrected chi connectivity index (χ0v) is 14.1. The number of nitrogens with zero attached hydrogens (tertiary/aromatic N) is 1. The Hall–Kier alpha value is -0.880. The van der Waals surface area contributed by atoms with E-state index < -0.39 is 11.5 Å². The fourth-order valence-corrected chi connectivity index (χ4v) is 2.77. The average molecular weight is 393 g/mol. The molecule has 0 aromatic heterocycles. The molecule has 0 unspecified atom stereocenters. The fraction of sp³-hybridized carbons (Fsp3) is 0.385. The van der Waals surface area contributed by atoms with E-state index in [0.717, 1.165) is 4.47 Å². The molecule has 1 aromatic rings. The van der Waals surface area contributed by atoms with Gasteiger partial charge in [-0.05, 0) is 54.9 Å². The third-order valence-electron chi connectivity index (χ3n) is 2.51. The molecule has 1 aromatic carbocycles. The molecule has 1 rings (SSSR count). The van der Waals surface area contributed by atoms with Gasteiger partial charge in [-0.25, -0.2) is 0 Å². The van der Waals surface area contributed by atoms with E-state index in [-0.39, 0.29) is 12.5 Å². The molecule has 1 amide bonds. The Kier molecular flexibility index (Phi) is 5.15. The molecule has 0 atom stereocenters. The lowest BCUT2D eigenvalue weighted by atomic mass is 10.0. The number of carbonyl (C=O) groups excluding carboxylic acids is 1. The Morgan fingerprint density at radius 1 is 1.26 bits per heavy atom. The molecule has 0 aliphatic rings. The zero-order valence-electron chi connectivity index (χ0n) is 10.9. The normalized spacial score (nSPS) is 11.2. The summed E-state index contributed by atoms with van der Waals surface area (Å²) in [4.78, 5) is 24.7. The molecule has 104 valence electrons. The Morgan fingerprint density at radius 3 is 2.26 bits per heavy atom. The fourth-order valence-electron chi connectivity index (χ4n) is 1.56. The minimum absolute atomic E-state index is 0.311. The highest BCUT2D eigenvalue weighted by Crippen LogP contribution is 2.25. The van der Waals surface area contributed by atoms with Crippen LogP contribution < -0.4 is 0 Å². The maximum Gasteiger partial charge on any atom is 0.323 e. The first-order valence-corrected chi connectivity index (χ1v) is 7.20. The first kappa shape index (κ1) is 16.2. The zero-order chi connectivity index (χ0) is 14.8. The molecule has 1 N–H and O–H groups in total. The van der Waals surface area contributed by atoms with Crippen LogP contribution >= 0.6 is 31.9 Å². The smallest absolute Gasteiger partial charge is 0.323 e. The second-order valence-corrected chi connectivity index (χ2v) is 6.85. The molecule has 6 heteroatoms. The molecular weight excluding hydrogens is 378 g/mol. The van der Waals surface area contributed by atoms with Crippen LogP contribution in [0.25, 0.3) is 0 Å². The summed E-state index contributed by atoms with van der Waals surface area (Å²) in [7, 11) is 0. The monoisotopic (exact) mass is 391 g/mol. The van der Waals surface area contributed by atoms with E-state index in [1.165, 1.54) is 4.90 Å². The Balaban J connectivity index is 3.16. The number of carbonyl (C=O) groups is 2. The Labute approximate surface area is 129 Å². The molecule has 0 heterocycles. The van der Waals surface area contributed by atoms with E-state index >= 15 is 0 Å². The van der Waals surface area contributed by atoms with Crippen molar-refractivity contribution in [3.63, 3.8) is 0 Å². The van der Waals surface area contributed by atoms with Crippen LogP contribution in [0.3, 0.4) is 0 Å². The van der Waals surface area contributed by atoms with Crippen molar-refractivity contribution in [3.8, 4) is 0 Å². The van der Waals surface area contributed by atoms with E-state index in [0.29, 0.717) is 10.0 Å². The number of amides is 1. The van der Waals surface area contributed by atoms with Gasteiger partial charge in [0.2, 0.25) is 0 Å². The summed E-state index contributed by atoms with van der Waals surface area (Å²) < 4.78 is 1.47. The van der Waals surface area contributed by atoms with Crippen molar-refractivity contribution >= 4 is 43.7 Å². The maximum atomic E-state index is 12.5. The molecular formula is C13H15Br2NO3. The van der Waals surface area contributed by atoms with E-state index in [1.54, 1.807) is 39.0 Å². The van der Waals surface area contributed by atoms with Crippen molar-refractivity contribution in [1.82, 2.24) is 4.90 Å². The highest BCUT2D eigenvalue weighted by atomic mass is 79.9. The lowest BCUT2D eigenvalue weighted by Crippen LogP contribution is -2.48. The maximum absolute atomic E-state index is 12.5. The molecule has 0 spiro atoms. The van der Waals surface area contributed by atoms with Crippen molar-refractivity contribution in [1.29, 1.82) is 0 Å². The van der Waals surface area contributed by atoms with Crippen LogP contribution in [0, 0.1) is 0 Å². The van der Waals surface area contributed by atoms with Gasteiger partial charge >= 0.3 is 5.97 Å². The largest absolute Gasteiger partial charge is 0.480 e. The molecule has 0 bridgehead atoms. The van der Waals surface area contributed by atoms with Gasteiger partial charge in [0.05, 0.1) is 5.56 Å². The van der Waals surface area contributed by atoms with Crippen molar-refractivity contribution < 1.29 is 14.7 Å². The molecule has 0 aliphatic heterocycles. The summed E-state index contributed by atoms with van der Waals surface area (Å²) in [6.45, 7) is 5.09. The average Bonchev–Trinajstić information content (AvgIpc) is 2.23. The van der Waals surface area contributed by atoms with Crippen molar-refractivity contribution in [2.75, 3.05) is 6.54 Å². The van der Waals surface area contributed by atoms with E-state index in [1.807, 2.05) is 0 Å². The summed E-state index contributed by atoms with van der Waals surface area (Å²) >= 11 is 6.64. The molecule has 0 fully saturated rings. The van der Waals surface area contributed by atoms with Crippen molar-refractivity contribution in [3.05, 3.63) is 32.7 Å². The van der Waals surface area contributed by atoms with Crippen molar-refractivity contribution in [2.45, 2.75) is 26.3 Å². The Bertz CT molecular complexity index is 509. The standard InChI is InChI=1S/C13H15Br2NO3/c1-13(2,3)16(7-11(17)18)12(19)9-5-4-8(14)6-10(9)15/h4-6H,7H2,1-3H3,(H,17,18). The summed E-state index contributed by atoms with van der Waals surface area (Å²) in [6, 6.07) is 5.17. The number of aliphatic carboxylic acids is 1. The van der Waals surface area contributed by atoms with Gasteiger partial charge in [0.15, 0.2) is 0 Å². The van der Waals surface area contributed by atoms with Crippen LogP contribution in [0.2, 0.25) is 0 Å². The van der Waals surface area contributed by atoms with Gasteiger partial charge in [-0.3, -0.25) is 9.59 Å². The third kappa shape index (κ3) is 4.31. The van der Waals surface area contributed by atoms with Gasteiger partial charge < -0.3 is 10.0 Å². The van der Waals surface area contributed by atoms with Crippen LogP contribution in [0.1, 0.15) is 31.1 Å².